The summed E-state index contributed by atoms with van der Waals surface area (Å²) in [5.74, 6) is 0.657. The van der Waals surface area contributed by atoms with Crippen molar-refractivity contribution in [3.63, 3.8) is 0 Å². The van der Waals surface area contributed by atoms with Crippen molar-refractivity contribution < 1.29 is 22.7 Å². The van der Waals surface area contributed by atoms with Gasteiger partial charge < -0.3 is 19.7 Å². The molecule has 0 bridgehead atoms. The molecule has 0 aliphatic carbocycles. The zero-order valence-corrected chi connectivity index (χ0v) is 25.4. The Morgan fingerprint density at radius 3 is 2.50 bits per heavy atom. The molecule has 1 N–H and O–H groups in total. The fourth-order valence-corrected chi connectivity index (χ4v) is 6.02. The Morgan fingerprint density at radius 2 is 1.77 bits per heavy atom. The zero-order valence-electron chi connectivity index (χ0n) is 24.6. The predicted octanol–water partition coefficient (Wildman–Crippen LogP) is 7.05. The molecule has 0 saturated carbocycles. The molecule has 1 unspecified atom stereocenters. The quantitative estimate of drug-likeness (QED) is 0.182. The van der Waals surface area contributed by atoms with Crippen molar-refractivity contribution in [2.75, 3.05) is 45.2 Å². The molecule has 5 rings (SSSR count). The first-order valence-corrected chi connectivity index (χ1v) is 15.2. The van der Waals surface area contributed by atoms with Crippen molar-refractivity contribution >= 4 is 34.5 Å². The van der Waals surface area contributed by atoms with E-state index in [9.17, 15) is 18.0 Å². The second kappa shape index (κ2) is 14.5. The Morgan fingerprint density at radius 1 is 1.05 bits per heavy atom. The normalized spacial score (nSPS) is 15.4. The molecule has 1 aromatic heterocycles. The number of carbonyl (C=O) groups excluding carboxylic acids is 1. The number of fused-ring (bicyclic) bond motifs is 1. The second-order valence-electron chi connectivity index (χ2n) is 11.2. The smallest absolute Gasteiger partial charge is 0.353 e. The highest BCUT2D eigenvalue weighted by atomic mass is 35.5. The second-order valence-corrected chi connectivity index (χ2v) is 11.7. The van der Waals surface area contributed by atoms with Crippen LogP contribution in [0.2, 0.25) is 5.02 Å². The molecule has 1 saturated heterocycles. The van der Waals surface area contributed by atoms with Gasteiger partial charge in [-0.15, -0.1) is 13.2 Å². The average molecular weight is 628 g/mol. The van der Waals surface area contributed by atoms with E-state index in [4.69, 9.17) is 11.6 Å². The first-order valence-electron chi connectivity index (χ1n) is 14.9. The van der Waals surface area contributed by atoms with E-state index in [1.807, 2.05) is 79.8 Å². The number of anilines is 1. The molecule has 1 aliphatic heterocycles. The number of imidazole rings is 1. The van der Waals surface area contributed by atoms with E-state index in [0.717, 1.165) is 55.5 Å². The van der Waals surface area contributed by atoms with E-state index in [2.05, 4.69) is 26.0 Å². The highest BCUT2D eigenvalue weighted by molar-refractivity contribution is 6.30. The lowest BCUT2D eigenvalue weighted by Crippen LogP contribution is -2.40. The first-order chi connectivity index (χ1) is 21.2. The fraction of sp³-hybridized carbons (Fsp3) is 0.394. The molecule has 1 amide bonds. The van der Waals surface area contributed by atoms with Crippen molar-refractivity contribution in [2.45, 2.75) is 44.1 Å². The number of likely N-dealkylation sites (tertiary alicyclic amines) is 1. The van der Waals surface area contributed by atoms with E-state index in [0.29, 0.717) is 23.1 Å². The number of rotatable bonds is 12. The summed E-state index contributed by atoms with van der Waals surface area (Å²) in [6, 6.07) is 24.7. The zero-order chi connectivity index (χ0) is 31.1. The lowest BCUT2D eigenvalue weighted by Gasteiger charge is -2.34. The van der Waals surface area contributed by atoms with E-state index < -0.39 is 13.0 Å². The summed E-state index contributed by atoms with van der Waals surface area (Å²) in [7, 11) is 1.84. The molecular formula is C33H37ClF3N5O2. The van der Waals surface area contributed by atoms with Gasteiger partial charge in [0.25, 0.3) is 5.91 Å². The third-order valence-electron chi connectivity index (χ3n) is 8.13. The maximum atomic E-state index is 13.1. The Hall–Kier alpha value is -3.60. The predicted molar refractivity (Wildman–Crippen MR) is 167 cm³/mol. The highest BCUT2D eigenvalue weighted by Crippen LogP contribution is 2.27. The van der Waals surface area contributed by atoms with Crippen LogP contribution in [0.1, 0.15) is 41.1 Å². The van der Waals surface area contributed by atoms with E-state index >= 15 is 0 Å². The molecular weight excluding hydrogens is 591 g/mol. The Kier molecular flexibility index (Phi) is 10.5. The van der Waals surface area contributed by atoms with Crippen molar-refractivity contribution in [1.29, 1.82) is 0 Å². The Balaban J connectivity index is 1.18. The standard InChI is InChI=1S/C33H37ClF3N5O2/c1-40(31(43)24-8-3-2-4-9-24)23-26(25-10-7-11-27(34)22-25)14-17-41-18-15-28(16-19-41)38-32-39-29-12-5-6-13-30(29)42(32)20-21-44-33(35,36)37/h2-13,22,26,28H,14-21,23H2,1H3,(H,38,39). The lowest BCUT2D eigenvalue weighted by atomic mass is 9.94. The SMILES string of the molecule is CN(CC(CCN1CCC(Nc2nc3ccccc3n2CCOC(F)(F)F)CC1)c1cccc(Cl)c1)C(=O)c1ccccc1. The van der Waals surface area contributed by atoms with Crippen LogP contribution in [0.15, 0.2) is 78.9 Å². The van der Waals surface area contributed by atoms with Gasteiger partial charge in [0.05, 0.1) is 17.6 Å². The van der Waals surface area contributed by atoms with Crippen molar-refractivity contribution in [3.8, 4) is 0 Å². The number of likely N-dealkylation sites (N-methyl/N-ethyl adjacent to an activating group) is 1. The van der Waals surface area contributed by atoms with Gasteiger partial charge in [-0.25, -0.2) is 4.98 Å². The molecule has 2 heterocycles. The van der Waals surface area contributed by atoms with Crippen LogP contribution in [0, 0.1) is 0 Å². The Bertz CT molecular complexity index is 1520. The third kappa shape index (κ3) is 8.52. The fourth-order valence-electron chi connectivity index (χ4n) is 5.83. The topological polar surface area (TPSA) is 62.6 Å². The number of benzene rings is 3. The number of nitrogens with one attached hydrogen (secondary N) is 1. The van der Waals surface area contributed by atoms with Crippen molar-refractivity contribution in [2.24, 2.45) is 0 Å². The van der Waals surface area contributed by atoms with Crippen LogP contribution >= 0.6 is 11.6 Å². The van der Waals surface area contributed by atoms with Gasteiger partial charge in [0.15, 0.2) is 0 Å². The van der Waals surface area contributed by atoms with Crippen molar-refractivity contribution in [3.05, 3.63) is 95.0 Å². The van der Waals surface area contributed by atoms with Gasteiger partial charge in [-0.3, -0.25) is 9.53 Å². The highest BCUT2D eigenvalue weighted by Gasteiger charge is 2.29. The summed E-state index contributed by atoms with van der Waals surface area (Å²) in [5.41, 5.74) is 3.26. The number of hydrogen-bond donors (Lipinski definition) is 1. The van der Waals surface area contributed by atoms with Crippen LogP contribution in [0.5, 0.6) is 0 Å². The van der Waals surface area contributed by atoms with Crippen LogP contribution in [0.3, 0.4) is 0 Å². The summed E-state index contributed by atoms with van der Waals surface area (Å²) in [5, 5.41) is 4.16. The molecule has 11 heteroatoms. The third-order valence-corrected chi connectivity index (χ3v) is 8.37. The molecule has 1 atom stereocenters. The number of alkyl halides is 3. The number of amides is 1. The summed E-state index contributed by atoms with van der Waals surface area (Å²) in [4.78, 5) is 21.9. The summed E-state index contributed by atoms with van der Waals surface area (Å²) in [6.45, 7) is 2.72. The van der Waals surface area contributed by atoms with Crippen LogP contribution in [-0.4, -0.2) is 77.5 Å². The number of aromatic nitrogens is 2. The van der Waals surface area contributed by atoms with Crippen LogP contribution in [0.25, 0.3) is 11.0 Å². The molecule has 1 aliphatic rings. The number of carbonyl (C=O) groups is 1. The lowest BCUT2D eigenvalue weighted by molar-refractivity contribution is -0.325. The van der Waals surface area contributed by atoms with Gasteiger partial charge in [-0.2, -0.15) is 0 Å². The van der Waals surface area contributed by atoms with Crippen LogP contribution < -0.4 is 5.32 Å². The summed E-state index contributed by atoms with van der Waals surface area (Å²) in [6.07, 6.45) is -2.07. The van der Waals surface area contributed by atoms with Gasteiger partial charge in [0.2, 0.25) is 5.95 Å². The van der Waals surface area contributed by atoms with E-state index in [1.165, 1.54) is 0 Å². The molecule has 7 nitrogen and oxygen atoms in total. The molecule has 0 spiro atoms. The van der Waals surface area contributed by atoms with E-state index in [1.54, 1.807) is 9.47 Å². The molecule has 3 aromatic carbocycles. The minimum Gasteiger partial charge on any atom is -0.353 e. The number of ether oxygens (including phenoxy) is 1. The molecule has 0 radical (unpaired) electrons. The van der Waals surface area contributed by atoms with Crippen LogP contribution in [0.4, 0.5) is 19.1 Å². The van der Waals surface area contributed by atoms with Gasteiger partial charge in [-0.1, -0.05) is 54.1 Å². The van der Waals surface area contributed by atoms with E-state index in [-0.39, 0.29) is 24.4 Å². The Labute approximate surface area is 260 Å². The molecule has 234 valence electrons. The molecule has 4 aromatic rings. The maximum Gasteiger partial charge on any atom is 0.522 e. The maximum absolute atomic E-state index is 13.1. The first kappa shape index (κ1) is 31.8. The van der Waals surface area contributed by atoms with Gasteiger partial charge in [0.1, 0.15) is 0 Å². The number of piperidine rings is 1. The summed E-state index contributed by atoms with van der Waals surface area (Å²) < 4.78 is 43.6. The summed E-state index contributed by atoms with van der Waals surface area (Å²) >= 11 is 6.34. The monoisotopic (exact) mass is 627 g/mol. The van der Waals surface area contributed by atoms with Gasteiger partial charge in [0, 0.05) is 55.8 Å². The largest absolute Gasteiger partial charge is 0.522 e. The number of para-hydroxylation sites is 2. The van der Waals surface area contributed by atoms with Gasteiger partial charge >= 0.3 is 6.36 Å². The minimum absolute atomic E-state index is 0.0134. The molecule has 1 fully saturated rings. The number of hydrogen-bond acceptors (Lipinski definition) is 5. The van der Waals surface area contributed by atoms with Crippen molar-refractivity contribution in [1.82, 2.24) is 19.4 Å². The van der Waals surface area contributed by atoms with Gasteiger partial charge in [-0.05, 0) is 67.8 Å². The minimum atomic E-state index is -4.67. The number of halogens is 4. The van der Waals surface area contributed by atoms with Crippen LogP contribution in [-0.2, 0) is 11.3 Å². The molecule has 44 heavy (non-hydrogen) atoms. The average Bonchev–Trinajstić information content (AvgIpc) is 3.36. The number of nitrogens with zero attached hydrogens (tertiary/aromatic N) is 4.